The number of hydrogen-bond donors (Lipinski definition) is 3. The number of nitrogens with zero attached hydrogens (tertiary/aromatic N) is 3. The van der Waals surface area contributed by atoms with Gasteiger partial charge in [-0.25, -0.2) is 14.6 Å². The fraction of sp³-hybridized carbons (Fsp3) is 0.273. The maximum atomic E-state index is 13.0. The maximum Gasteiger partial charge on any atom is 0.343 e. The monoisotopic (exact) mass is 438 g/mol. The van der Waals surface area contributed by atoms with Crippen LogP contribution in [0, 0.1) is 0 Å². The number of carbonyl (C=O) groups is 3. The first-order valence-corrected chi connectivity index (χ1v) is 10.1. The molecule has 1 aliphatic rings. The Kier molecular flexibility index (Phi) is 6.93. The molecule has 1 heterocycles. The van der Waals surface area contributed by atoms with Crippen LogP contribution >= 0.6 is 0 Å². The van der Waals surface area contributed by atoms with Crippen LogP contribution in [-0.2, 0) is 0 Å². The van der Waals surface area contributed by atoms with Gasteiger partial charge in [0.05, 0.1) is 11.3 Å². The number of esters is 1. The number of amides is 3. The largest absolute Gasteiger partial charge is 0.423 e. The summed E-state index contributed by atoms with van der Waals surface area (Å²) in [4.78, 5) is 43.9. The second-order valence-electron chi connectivity index (χ2n) is 7.48. The van der Waals surface area contributed by atoms with Crippen LogP contribution in [-0.4, -0.2) is 59.3 Å². The predicted octanol–water partition coefficient (Wildman–Crippen LogP) is 1.43. The minimum atomic E-state index is -0.548. The van der Waals surface area contributed by atoms with Gasteiger partial charge in [-0.05, 0) is 61.9 Å². The number of nitrogens with two attached hydrogens (primary N) is 3. The molecule has 10 nitrogen and oxygen atoms in total. The molecule has 168 valence electrons. The van der Waals surface area contributed by atoms with E-state index in [1.54, 1.807) is 58.3 Å². The number of urea groups is 1. The molecule has 0 aromatic heterocycles. The zero-order chi connectivity index (χ0) is 23.3. The fourth-order valence-electron chi connectivity index (χ4n) is 3.48. The molecule has 0 saturated carbocycles. The molecule has 1 atom stereocenters. The van der Waals surface area contributed by atoms with E-state index < -0.39 is 12.0 Å². The molecular formula is C22H26N6O4. The lowest BCUT2D eigenvalue weighted by Crippen LogP contribution is -2.45. The lowest BCUT2D eigenvalue weighted by Gasteiger charge is -2.28. The van der Waals surface area contributed by atoms with Crippen LogP contribution in [0.4, 0.5) is 10.5 Å². The van der Waals surface area contributed by atoms with Crippen LogP contribution in [0.2, 0.25) is 0 Å². The lowest BCUT2D eigenvalue weighted by molar-refractivity contribution is 0.0696. The topological polar surface area (TPSA) is 157 Å². The molecule has 0 bridgehead atoms. The van der Waals surface area contributed by atoms with Gasteiger partial charge in [0.25, 0.3) is 5.91 Å². The molecule has 2 aromatic rings. The fourth-order valence-corrected chi connectivity index (χ4v) is 3.48. The van der Waals surface area contributed by atoms with E-state index >= 15 is 0 Å². The summed E-state index contributed by atoms with van der Waals surface area (Å²) in [6.07, 6.45) is 0.649. The second kappa shape index (κ2) is 9.82. The van der Waals surface area contributed by atoms with Gasteiger partial charge in [-0.2, -0.15) is 0 Å². The highest BCUT2D eigenvalue weighted by Crippen LogP contribution is 2.19. The van der Waals surface area contributed by atoms with Crippen molar-refractivity contribution in [2.24, 2.45) is 22.2 Å². The first kappa shape index (κ1) is 22.6. The SMILES string of the molecule is CC1CN(C(N)=O)CCCN1C(=O)c1ccc(OC(=O)c2ccc(N=C(N)N)cc2)cc1. The molecule has 0 spiro atoms. The molecule has 3 amide bonds. The van der Waals surface area contributed by atoms with Crippen molar-refractivity contribution < 1.29 is 19.1 Å². The van der Waals surface area contributed by atoms with Crippen LogP contribution < -0.4 is 21.9 Å². The van der Waals surface area contributed by atoms with E-state index in [4.69, 9.17) is 21.9 Å². The number of hydrogen-bond acceptors (Lipinski definition) is 5. The van der Waals surface area contributed by atoms with E-state index in [2.05, 4.69) is 4.99 Å². The molecule has 0 aliphatic carbocycles. The summed E-state index contributed by atoms with van der Waals surface area (Å²) >= 11 is 0. The van der Waals surface area contributed by atoms with Gasteiger partial charge in [0.1, 0.15) is 5.75 Å². The highest BCUT2D eigenvalue weighted by atomic mass is 16.5. The number of carbonyl (C=O) groups excluding carboxylic acids is 3. The summed E-state index contributed by atoms with van der Waals surface area (Å²) < 4.78 is 5.38. The third-order valence-corrected chi connectivity index (χ3v) is 5.09. The standard InChI is InChI=1S/C22H26N6O4/c1-14-13-27(22(25)31)11-2-12-28(14)19(29)15-5-9-18(10-6-15)32-20(30)16-3-7-17(8-4-16)26-21(23)24/h3-10,14H,2,11-13H2,1H3,(H2,25,31)(H4,23,24,26). The van der Waals surface area contributed by atoms with Crippen molar-refractivity contribution in [3.05, 3.63) is 59.7 Å². The highest BCUT2D eigenvalue weighted by molar-refractivity contribution is 5.95. The molecule has 3 rings (SSSR count). The van der Waals surface area contributed by atoms with Gasteiger partial charge >= 0.3 is 12.0 Å². The Morgan fingerprint density at radius 1 is 0.938 bits per heavy atom. The van der Waals surface area contributed by atoms with Gasteiger partial charge in [-0.3, -0.25) is 4.79 Å². The maximum absolute atomic E-state index is 13.0. The Bertz CT molecular complexity index is 1020. The number of aliphatic imine (C=N–C) groups is 1. The van der Waals surface area contributed by atoms with Crippen LogP contribution in [0.1, 0.15) is 34.1 Å². The van der Waals surface area contributed by atoms with Crippen molar-refractivity contribution in [2.45, 2.75) is 19.4 Å². The molecule has 6 N–H and O–H groups in total. The molecule has 10 heteroatoms. The first-order valence-electron chi connectivity index (χ1n) is 10.1. The van der Waals surface area contributed by atoms with Gasteiger partial charge in [-0.15, -0.1) is 0 Å². The Hall–Kier alpha value is -4.08. The molecule has 2 aromatic carbocycles. The summed E-state index contributed by atoms with van der Waals surface area (Å²) in [5.41, 5.74) is 17.4. The quantitative estimate of drug-likeness (QED) is 0.283. The molecule has 0 radical (unpaired) electrons. The third kappa shape index (κ3) is 5.54. The zero-order valence-corrected chi connectivity index (χ0v) is 17.7. The Labute approximate surface area is 185 Å². The van der Waals surface area contributed by atoms with Gasteiger partial charge in [-0.1, -0.05) is 0 Å². The predicted molar refractivity (Wildman–Crippen MR) is 120 cm³/mol. The van der Waals surface area contributed by atoms with E-state index in [-0.39, 0.29) is 17.9 Å². The van der Waals surface area contributed by atoms with Crippen LogP contribution in [0.15, 0.2) is 53.5 Å². The minimum absolute atomic E-state index is 0.0743. The van der Waals surface area contributed by atoms with E-state index in [0.717, 1.165) is 0 Å². The van der Waals surface area contributed by atoms with Crippen molar-refractivity contribution in [2.75, 3.05) is 19.6 Å². The van der Waals surface area contributed by atoms with Crippen molar-refractivity contribution >= 4 is 29.6 Å². The smallest absolute Gasteiger partial charge is 0.343 e. The summed E-state index contributed by atoms with van der Waals surface area (Å²) in [7, 11) is 0. The Morgan fingerprint density at radius 2 is 1.56 bits per heavy atom. The summed E-state index contributed by atoms with van der Waals surface area (Å²) in [5, 5.41) is 0. The van der Waals surface area contributed by atoms with Gasteiger partial charge in [0, 0.05) is 31.2 Å². The number of guanidine groups is 1. The number of benzene rings is 2. The van der Waals surface area contributed by atoms with Gasteiger partial charge in [0.2, 0.25) is 0 Å². The molecule has 1 unspecified atom stereocenters. The van der Waals surface area contributed by atoms with E-state index in [1.807, 2.05) is 6.92 Å². The van der Waals surface area contributed by atoms with Crippen molar-refractivity contribution in [1.29, 1.82) is 0 Å². The van der Waals surface area contributed by atoms with Crippen LogP contribution in [0.25, 0.3) is 0 Å². The van der Waals surface area contributed by atoms with Crippen molar-refractivity contribution in [3.8, 4) is 5.75 Å². The summed E-state index contributed by atoms with van der Waals surface area (Å²) in [6.45, 7) is 3.31. The second-order valence-corrected chi connectivity index (χ2v) is 7.48. The lowest BCUT2D eigenvalue weighted by atomic mass is 10.1. The number of ether oxygens (including phenoxy) is 1. The van der Waals surface area contributed by atoms with Crippen molar-refractivity contribution in [1.82, 2.24) is 9.80 Å². The molecule has 1 aliphatic heterocycles. The highest BCUT2D eigenvalue weighted by Gasteiger charge is 2.27. The molecule has 1 fully saturated rings. The van der Waals surface area contributed by atoms with Crippen LogP contribution in [0.3, 0.4) is 0 Å². The number of primary amides is 1. The average Bonchev–Trinajstić information content (AvgIpc) is 2.95. The van der Waals surface area contributed by atoms with Gasteiger partial charge in [0.15, 0.2) is 5.96 Å². The molecule has 32 heavy (non-hydrogen) atoms. The van der Waals surface area contributed by atoms with Crippen LogP contribution in [0.5, 0.6) is 5.75 Å². The summed E-state index contributed by atoms with van der Waals surface area (Å²) in [6, 6.07) is 12.0. The van der Waals surface area contributed by atoms with E-state index in [0.29, 0.717) is 48.6 Å². The van der Waals surface area contributed by atoms with E-state index in [9.17, 15) is 14.4 Å². The number of rotatable bonds is 4. The normalized spacial score (nSPS) is 16.1. The minimum Gasteiger partial charge on any atom is -0.423 e. The van der Waals surface area contributed by atoms with E-state index in [1.165, 1.54) is 0 Å². The average molecular weight is 438 g/mol. The first-order chi connectivity index (χ1) is 15.2. The zero-order valence-electron chi connectivity index (χ0n) is 17.7. The Balaban J connectivity index is 1.64. The van der Waals surface area contributed by atoms with Gasteiger partial charge < -0.3 is 31.7 Å². The Morgan fingerprint density at radius 3 is 2.16 bits per heavy atom. The molecular weight excluding hydrogens is 412 g/mol. The third-order valence-electron chi connectivity index (χ3n) is 5.09. The molecule has 1 saturated heterocycles. The summed E-state index contributed by atoms with van der Waals surface area (Å²) in [5.74, 6) is -0.469. The van der Waals surface area contributed by atoms with Crippen molar-refractivity contribution in [3.63, 3.8) is 0 Å².